The van der Waals surface area contributed by atoms with Crippen molar-refractivity contribution in [2.45, 2.75) is 47.4 Å². The van der Waals surface area contributed by atoms with Crippen LogP contribution in [0, 0.1) is 0 Å². The van der Waals surface area contributed by atoms with E-state index >= 15 is 0 Å². The van der Waals surface area contributed by atoms with Crippen LogP contribution in [-0.4, -0.2) is 97.5 Å². The molecule has 0 saturated carbocycles. The Bertz CT molecular complexity index is 3250. The molecule has 4 saturated heterocycles. The van der Waals surface area contributed by atoms with Gasteiger partial charge in [-0.2, -0.15) is 52.7 Å². The highest BCUT2D eigenvalue weighted by atomic mass is 19.4. The van der Waals surface area contributed by atoms with Gasteiger partial charge in [-0.25, -0.2) is 0 Å². The summed E-state index contributed by atoms with van der Waals surface area (Å²) in [5.74, 6) is -3.26. The maximum atomic E-state index is 14.6. The molecule has 0 bridgehead atoms. The van der Waals surface area contributed by atoms with Crippen LogP contribution in [0.3, 0.4) is 0 Å². The first-order valence-electron chi connectivity index (χ1n) is 25.1. The van der Waals surface area contributed by atoms with E-state index in [0.29, 0.717) is 21.5 Å². The number of benzene rings is 8. The fraction of sp³-hybridized carbons (Fsp3) is 0.286. The molecule has 24 heteroatoms. The molecule has 0 spiro atoms. The van der Waals surface area contributed by atoms with Gasteiger partial charge in [-0.05, 0) is 67.4 Å². The van der Waals surface area contributed by atoms with E-state index in [4.69, 9.17) is 0 Å². The van der Waals surface area contributed by atoms with E-state index in [1.807, 2.05) is 0 Å². The second-order valence-corrected chi connectivity index (χ2v) is 19.9. The number of hydrogen-bond acceptors (Lipinski definition) is 12. The van der Waals surface area contributed by atoms with Gasteiger partial charge in [0, 0.05) is 96.9 Å². The van der Waals surface area contributed by atoms with Crippen molar-refractivity contribution in [1.82, 2.24) is 42.5 Å². The lowest BCUT2D eigenvalue weighted by Gasteiger charge is -2.35. The zero-order valence-corrected chi connectivity index (χ0v) is 41.5. The van der Waals surface area contributed by atoms with Gasteiger partial charge in [0.05, 0.1) is 0 Å². The summed E-state index contributed by atoms with van der Waals surface area (Å²) >= 11 is 0. The van der Waals surface area contributed by atoms with E-state index in [9.17, 15) is 73.1 Å². The molecule has 4 heterocycles. The summed E-state index contributed by atoms with van der Waals surface area (Å²) < 4.78 is 175. The average molecular weight is 1130 g/mol. The third kappa shape index (κ3) is 8.23. The Morgan fingerprint density at radius 2 is 0.438 bits per heavy atom. The average Bonchev–Trinajstić information content (AvgIpc) is 4.34. The molecule has 12 nitrogen and oxygen atoms in total. The third-order valence-electron chi connectivity index (χ3n) is 15.5. The number of phenols is 4. The highest BCUT2D eigenvalue weighted by molar-refractivity contribution is 6.12. The Kier molecular flexibility index (Phi) is 13.2. The van der Waals surface area contributed by atoms with Gasteiger partial charge in [0.1, 0.15) is 23.0 Å². The van der Waals surface area contributed by atoms with E-state index in [-0.39, 0.29) is 96.2 Å². The van der Waals surface area contributed by atoms with E-state index in [2.05, 4.69) is 42.5 Å². The van der Waals surface area contributed by atoms with Crippen molar-refractivity contribution >= 4 is 43.1 Å². The molecule has 0 atom stereocenters. The monoisotopic (exact) mass is 1120 g/mol. The van der Waals surface area contributed by atoms with Crippen LogP contribution in [0.2, 0.25) is 0 Å². The molecule has 4 fully saturated rings. The number of alkyl halides is 12. The van der Waals surface area contributed by atoms with Crippen molar-refractivity contribution in [1.29, 1.82) is 0 Å². The van der Waals surface area contributed by atoms with Crippen LogP contribution < -0.4 is 42.5 Å². The second-order valence-electron chi connectivity index (χ2n) is 19.9. The first-order valence-corrected chi connectivity index (χ1v) is 25.1. The minimum Gasteiger partial charge on any atom is -0.507 e. The van der Waals surface area contributed by atoms with Crippen molar-refractivity contribution in [2.75, 3.05) is 52.4 Å². The first kappa shape index (κ1) is 54.8. The van der Waals surface area contributed by atoms with Crippen LogP contribution >= 0.6 is 0 Å². The third-order valence-corrected chi connectivity index (χ3v) is 15.5. The molecule has 80 heavy (non-hydrogen) atoms. The second kappa shape index (κ2) is 19.3. The van der Waals surface area contributed by atoms with Gasteiger partial charge in [0.25, 0.3) is 0 Å². The summed E-state index contributed by atoms with van der Waals surface area (Å²) in [5.41, 5.74) is -14.3. The summed E-state index contributed by atoms with van der Waals surface area (Å²) in [6, 6.07) is 29.9. The highest BCUT2D eigenvalue weighted by Gasteiger charge is 2.63. The topological polar surface area (TPSA) is 177 Å². The number of phenolic OH excluding ortho intramolecular Hbond substituents is 4. The normalized spacial score (nSPS) is 19.1. The van der Waals surface area contributed by atoms with Gasteiger partial charge in [-0.1, -0.05) is 97.1 Å². The predicted octanol–water partition coefficient (Wildman–Crippen LogP) is 9.77. The standard InChI is InChI=1S/2C28H24F6N4O2/c2*29-27(30,31)25(35-9-10-36-25)19-13-15-5-1-3-7-17(15)21(23(19)39)22-18-8-4-2-6-16(18)14-20(24(22)40)26(28(32,33)34)37-11-12-38-26/h2*1-8,13-14,35-40H,9-12H2. The molecular weight excluding hydrogens is 1080 g/mol. The highest BCUT2D eigenvalue weighted by Crippen LogP contribution is 2.57. The molecule has 0 unspecified atom stereocenters. The Morgan fingerprint density at radius 3 is 0.600 bits per heavy atom. The molecule has 0 amide bonds. The number of nitrogens with one attached hydrogen (secondary N) is 8. The largest absolute Gasteiger partial charge is 0.507 e. The van der Waals surface area contributed by atoms with Crippen LogP contribution in [0.25, 0.3) is 65.3 Å². The predicted molar refractivity (Wildman–Crippen MR) is 275 cm³/mol. The lowest BCUT2D eigenvalue weighted by atomic mass is 9.84. The minimum absolute atomic E-state index is 0.0454. The fourth-order valence-corrected chi connectivity index (χ4v) is 11.9. The molecule has 8 aromatic carbocycles. The summed E-state index contributed by atoms with van der Waals surface area (Å²) in [6.07, 6.45) is -19.6. The lowest BCUT2D eigenvalue weighted by Crippen LogP contribution is -2.57. The zero-order valence-electron chi connectivity index (χ0n) is 41.5. The van der Waals surface area contributed by atoms with Crippen molar-refractivity contribution in [3.63, 3.8) is 0 Å². The van der Waals surface area contributed by atoms with E-state index in [1.165, 1.54) is 48.5 Å². The van der Waals surface area contributed by atoms with Crippen LogP contribution in [0.15, 0.2) is 121 Å². The molecule has 4 aliphatic heterocycles. The van der Waals surface area contributed by atoms with Crippen molar-refractivity contribution in [3.8, 4) is 45.3 Å². The van der Waals surface area contributed by atoms with Crippen LogP contribution in [0.1, 0.15) is 22.3 Å². The van der Waals surface area contributed by atoms with Gasteiger partial charge in [0.2, 0.25) is 0 Å². The first-order chi connectivity index (χ1) is 37.8. The lowest BCUT2D eigenvalue weighted by molar-refractivity contribution is -0.204. The van der Waals surface area contributed by atoms with Crippen LogP contribution in [0.4, 0.5) is 52.7 Å². The summed E-state index contributed by atoms with van der Waals surface area (Å²) in [4.78, 5) is 0. The van der Waals surface area contributed by atoms with Crippen molar-refractivity contribution in [3.05, 3.63) is 144 Å². The van der Waals surface area contributed by atoms with Gasteiger partial charge in [-0.15, -0.1) is 0 Å². The minimum atomic E-state index is -4.90. The number of rotatable bonds is 6. The van der Waals surface area contributed by atoms with E-state index in [0.717, 1.165) is 0 Å². The summed E-state index contributed by atoms with van der Waals surface area (Å²) in [7, 11) is 0. The fourth-order valence-electron chi connectivity index (χ4n) is 11.9. The maximum absolute atomic E-state index is 14.6. The number of halogens is 12. The Morgan fingerprint density at radius 1 is 0.275 bits per heavy atom. The molecule has 4 aliphatic rings. The SMILES string of the molecule is Oc1c(C2(C(F)(F)F)NCCN2)cc2ccccc2c1-c1c(O)c(C2(C(F)(F)F)NCCN2)cc2ccccc12.Oc1c(C2(C(F)(F)F)NCCN2)cc2ccccc2c1-c1c(O)c(C2(C(F)(F)F)NCCN2)cc2ccccc12. The zero-order chi connectivity index (χ0) is 57.0. The van der Waals surface area contributed by atoms with Crippen LogP contribution in [-0.2, 0) is 22.7 Å². The molecular formula is C56H48F12N8O4. The molecule has 12 N–H and O–H groups in total. The van der Waals surface area contributed by atoms with Crippen LogP contribution in [0.5, 0.6) is 23.0 Å². The molecule has 0 aromatic heterocycles. The number of fused-ring (bicyclic) bond motifs is 4. The molecule has 0 aliphatic carbocycles. The molecule has 420 valence electrons. The Hall–Kier alpha value is -7.16. The number of hydrogen-bond donors (Lipinski definition) is 12. The van der Waals surface area contributed by atoms with Gasteiger partial charge < -0.3 is 20.4 Å². The van der Waals surface area contributed by atoms with E-state index in [1.54, 1.807) is 72.8 Å². The number of aromatic hydroxyl groups is 4. The summed E-state index contributed by atoms with van der Waals surface area (Å²) in [6.45, 7) is -0.363. The molecule has 0 radical (unpaired) electrons. The van der Waals surface area contributed by atoms with Crippen molar-refractivity contribution in [2.24, 2.45) is 0 Å². The van der Waals surface area contributed by atoms with Gasteiger partial charge in [0.15, 0.2) is 22.7 Å². The molecule has 8 aromatic rings. The Labute approximate surface area is 446 Å². The molecule has 12 rings (SSSR count). The van der Waals surface area contributed by atoms with Gasteiger partial charge in [-0.3, -0.25) is 42.5 Å². The Balaban J connectivity index is 0.000000169. The van der Waals surface area contributed by atoms with Gasteiger partial charge >= 0.3 is 24.7 Å². The maximum Gasteiger partial charge on any atom is 0.424 e. The quantitative estimate of drug-likeness (QED) is 0.0712. The van der Waals surface area contributed by atoms with Crippen molar-refractivity contribution < 1.29 is 73.1 Å². The smallest absolute Gasteiger partial charge is 0.424 e. The van der Waals surface area contributed by atoms with E-state index < -0.39 is 92.6 Å². The summed E-state index contributed by atoms with van der Waals surface area (Å²) in [5, 5.41) is 68.1.